The molecule has 4 aromatic rings. The van der Waals surface area contributed by atoms with Gasteiger partial charge in [-0.2, -0.15) is 0 Å². The first-order valence-corrected chi connectivity index (χ1v) is 8.54. The van der Waals surface area contributed by atoms with Gasteiger partial charge in [0.15, 0.2) is 0 Å². The first-order chi connectivity index (χ1) is 12.9. The van der Waals surface area contributed by atoms with Crippen LogP contribution in [-0.4, -0.2) is 37.7 Å². The Balaban J connectivity index is 0.000000187. The first kappa shape index (κ1) is 21.0. The van der Waals surface area contributed by atoms with Crippen LogP contribution in [0.5, 0.6) is 0 Å². The molecule has 0 aliphatic rings. The van der Waals surface area contributed by atoms with Gasteiger partial charge in [0.2, 0.25) is 0 Å². The zero-order chi connectivity index (χ0) is 17.9. The van der Waals surface area contributed by atoms with Crippen LogP contribution in [0.2, 0.25) is 0 Å². The van der Waals surface area contributed by atoms with E-state index in [1.54, 1.807) is 0 Å². The molecule has 0 heterocycles. The van der Waals surface area contributed by atoms with Crippen molar-refractivity contribution in [2.75, 3.05) is 0 Å². The van der Waals surface area contributed by atoms with E-state index in [1.165, 1.54) is 0 Å². The molecule has 0 aliphatic heterocycles. The standard InChI is InChI=1S/2C12H10N.Ca/c2*1-3-7-11(8-4-1)13-12-9-5-2-6-10-12;/h2*1-10H;/q2*-1;+2. The minimum Gasteiger partial charge on any atom is -0.658 e. The molecular weight excluding hydrogens is 356 g/mol. The molecule has 0 bridgehead atoms. The third-order valence-corrected chi connectivity index (χ3v) is 3.54. The van der Waals surface area contributed by atoms with Crippen LogP contribution in [0.15, 0.2) is 121 Å². The number of benzene rings is 4. The number of rotatable bonds is 4. The minimum atomic E-state index is 0. The van der Waals surface area contributed by atoms with Gasteiger partial charge >= 0.3 is 37.7 Å². The van der Waals surface area contributed by atoms with E-state index in [4.69, 9.17) is 0 Å². The van der Waals surface area contributed by atoms with Crippen LogP contribution in [0.1, 0.15) is 0 Å². The molecule has 0 aliphatic carbocycles. The maximum atomic E-state index is 4.44. The molecule has 4 aromatic carbocycles. The van der Waals surface area contributed by atoms with E-state index < -0.39 is 0 Å². The maximum absolute atomic E-state index is 4.44. The fourth-order valence-corrected chi connectivity index (χ4v) is 2.31. The molecule has 4 rings (SSSR count). The summed E-state index contributed by atoms with van der Waals surface area (Å²) >= 11 is 0. The smallest absolute Gasteiger partial charge is 0.658 e. The normalized spacial score (nSPS) is 9.19. The first-order valence-electron chi connectivity index (χ1n) is 8.54. The molecule has 0 aromatic heterocycles. The Morgan fingerprint density at radius 3 is 0.667 bits per heavy atom. The summed E-state index contributed by atoms with van der Waals surface area (Å²) in [7, 11) is 0. The summed E-state index contributed by atoms with van der Waals surface area (Å²) in [6.45, 7) is 0. The van der Waals surface area contributed by atoms with Gasteiger partial charge in [-0.15, -0.1) is 22.7 Å². The molecule has 0 amide bonds. The number of hydrogen-bond acceptors (Lipinski definition) is 0. The van der Waals surface area contributed by atoms with Crippen molar-refractivity contribution in [1.82, 2.24) is 0 Å². The van der Waals surface area contributed by atoms with Crippen molar-refractivity contribution in [3.8, 4) is 0 Å². The molecule has 0 saturated carbocycles. The molecule has 0 radical (unpaired) electrons. The molecule has 0 spiro atoms. The zero-order valence-corrected chi connectivity index (χ0v) is 17.4. The summed E-state index contributed by atoms with van der Waals surface area (Å²) in [6.07, 6.45) is 0. The van der Waals surface area contributed by atoms with Crippen LogP contribution >= 0.6 is 0 Å². The van der Waals surface area contributed by atoms with E-state index in [2.05, 4.69) is 10.6 Å². The van der Waals surface area contributed by atoms with Crippen LogP contribution in [0, 0.1) is 0 Å². The Labute approximate surface area is 191 Å². The van der Waals surface area contributed by atoms with Gasteiger partial charge < -0.3 is 10.6 Å². The Hall–Kier alpha value is -2.26. The largest absolute Gasteiger partial charge is 2.00 e. The molecule has 0 N–H and O–H groups in total. The monoisotopic (exact) mass is 376 g/mol. The number of nitrogens with zero attached hydrogens (tertiary/aromatic N) is 2. The summed E-state index contributed by atoms with van der Waals surface area (Å²) in [5.74, 6) is 0. The van der Waals surface area contributed by atoms with Crippen molar-refractivity contribution in [3.63, 3.8) is 0 Å². The molecule has 0 fully saturated rings. The molecule has 3 heteroatoms. The van der Waals surface area contributed by atoms with Crippen LogP contribution in [0.25, 0.3) is 10.6 Å². The number of para-hydroxylation sites is 4. The van der Waals surface area contributed by atoms with Crippen LogP contribution in [0.4, 0.5) is 22.7 Å². The second-order valence-corrected chi connectivity index (χ2v) is 5.57. The Kier molecular flexibility index (Phi) is 9.50. The fourth-order valence-electron chi connectivity index (χ4n) is 2.31. The topological polar surface area (TPSA) is 28.2 Å². The summed E-state index contributed by atoms with van der Waals surface area (Å²) in [6, 6.07) is 39.8. The summed E-state index contributed by atoms with van der Waals surface area (Å²) in [5, 5.41) is 8.88. The van der Waals surface area contributed by atoms with Crippen molar-refractivity contribution in [3.05, 3.63) is 132 Å². The second-order valence-electron chi connectivity index (χ2n) is 5.57. The van der Waals surface area contributed by atoms with Gasteiger partial charge in [-0.3, -0.25) is 0 Å². The summed E-state index contributed by atoms with van der Waals surface area (Å²) < 4.78 is 0. The average Bonchev–Trinajstić information content (AvgIpc) is 2.72. The SMILES string of the molecule is [Ca+2].c1ccc([N-]c2ccccc2)cc1.c1ccc([N-]c2ccccc2)cc1. The van der Waals surface area contributed by atoms with Crippen LogP contribution in [0.3, 0.4) is 0 Å². The van der Waals surface area contributed by atoms with Gasteiger partial charge in [0.05, 0.1) is 0 Å². The zero-order valence-electron chi connectivity index (χ0n) is 15.1. The maximum Gasteiger partial charge on any atom is 2.00 e. The van der Waals surface area contributed by atoms with Crippen molar-refractivity contribution in [2.45, 2.75) is 0 Å². The average molecular weight is 377 g/mol. The van der Waals surface area contributed by atoms with Gasteiger partial charge in [0, 0.05) is 0 Å². The van der Waals surface area contributed by atoms with Gasteiger partial charge in [0.1, 0.15) is 0 Å². The van der Waals surface area contributed by atoms with Crippen molar-refractivity contribution >= 4 is 60.5 Å². The van der Waals surface area contributed by atoms with E-state index in [-0.39, 0.29) is 37.7 Å². The summed E-state index contributed by atoms with van der Waals surface area (Å²) in [4.78, 5) is 0. The van der Waals surface area contributed by atoms with E-state index in [9.17, 15) is 0 Å². The van der Waals surface area contributed by atoms with Crippen LogP contribution in [-0.2, 0) is 0 Å². The van der Waals surface area contributed by atoms with Crippen molar-refractivity contribution < 1.29 is 0 Å². The van der Waals surface area contributed by atoms with Crippen molar-refractivity contribution in [1.29, 1.82) is 0 Å². The Bertz CT molecular complexity index is 715. The van der Waals surface area contributed by atoms with Gasteiger partial charge in [-0.1, -0.05) is 121 Å². The van der Waals surface area contributed by atoms with Gasteiger partial charge in [-0.05, 0) is 0 Å². The molecule has 27 heavy (non-hydrogen) atoms. The van der Waals surface area contributed by atoms with E-state index >= 15 is 0 Å². The quantitative estimate of drug-likeness (QED) is 0.327. The Morgan fingerprint density at radius 2 is 0.481 bits per heavy atom. The van der Waals surface area contributed by atoms with Gasteiger partial charge in [0.25, 0.3) is 0 Å². The van der Waals surface area contributed by atoms with E-state index in [0.717, 1.165) is 22.7 Å². The third kappa shape index (κ3) is 7.88. The van der Waals surface area contributed by atoms with E-state index in [1.807, 2.05) is 121 Å². The van der Waals surface area contributed by atoms with Gasteiger partial charge in [-0.25, -0.2) is 0 Å². The molecule has 128 valence electrons. The number of hydrogen-bond donors (Lipinski definition) is 0. The molecule has 0 atom stereocenters. The third-order valence-electron chi connectivity index (χ3n) is 3.54. The molecule has 2 nitrogen and oxygen atoms in total. The second kappa shape index (κ2) is 12.2. The molecular formula is C24H20CaN2. The Morgan fingerprint density at radius 1 is 0.296 bits per heavy atom. The minimum absolute atomic E-state index is 0. The predicted molar refractivity (Wildman–Crippen MR) is 117 cm³/mol. The van der Waals surface area contributed by atoms with Crippen molar-refractivity contribution in [2.24, 2.45) is 0 Å². The van der Waals surface area contributed by atoms with Crippen LogP contribution < -0.4 is 0 Å². The predicted octanol–water partition coefficient (Wildman–Crippen LogP) is 7.67. The summed E-state index contributed by atoms with van der Waals surface area (Å²) in [5.41, 5.74) is 3.98. The molecule has 0 saturated heterocycles. The molecule has 0 unspecified atom stereocenters. The fraction of sp³-hybridized carbons (Fsp3) is 0. The van der Waals surface area contributed by atoms with E-state index in [0.29, 0.717) is 0 Å².